The maximum Gasteiger partial charge on any atom is 0.227 e. The van der Waals surface area contributed by atoms with Gasteiger partial charge in [0.2, 0.25) is 11.9 Å². The van der Waals surface area contributed by atoms with E-state index in [0.29, 0.717) is 24.0 Å². The molecular formula is C16H24N6O. The summed E-state index contributed by atoms with van der Waals surface area (Å²) in [7, 11) is 1.67. The highest BCUT2D eigenvalue weighted by Gasteiger charge is 2.24. The fourth-order valence-electron chi connectivity index (χ4n) is 2.69. The van der Waals surface area contributed by atoms with E-state index in [1.165, 1.54) is 6.20 Å². The highest BCUT2D eigenvalue weighted by molar-refractivity contribution is 5.81. The second-order valence-corrected chi connectivity index (χ2v) is 5.45. The number of anilines is 1. The van der Waals surface area contributed by atoms with Crippen molar-refractivity contribution < 1.29 is 4.79 Å². The van der Waals surface area contributed by atoms with Crippen molar-refractivity contribution in [1.82, 2.24) is 14.9 Å². The molecule has 2 rings (SSSR count). The van der Waals surface area contributed by atoms with E-state index in [0.717, 1.165) is 31.6 Å². The molecule has 1 saturated heterocycles. The SMILES string of the molecule is CCC(=O)N1CCC(c2ccnc(NC(C=NC)=CN)n2)CC1. The second kappa shape index (κ2) is 8.26. The van der Waals surface area contributed by atoms with Crippen molar-refractivity contribution >= 4 is 18.1 Å². The van der Waals surface area contributed by atoms with Crippen molar-refractivity contribution in [3.63, 3.8) is 0 Å². The van der Waals surface area contributed by atoms with Crippen molar-refractivity contribution in [2.75, 3.05) is 25.5 Å². The minimum Gasteiger partial charge on any atom is -0.403 e. The first-order chi connectivity index (χ1) is 11.2. The fourth-order valence-corrected chi connectivity index (χ4v) is 2.69. The predicted molar refractivity (Wildman–Crippen MR) is 91.2 cm³/mol. The lowest BCUT2D eigenvalue weighted by Gasteiger charge is -2.31. The van der Waals surface area contributed by atoms with Gasteiger partial charge in [-0.1, -0.05) is 6.92 Å². The van der Waals surface area contributed by atoms with Crippen LogP contribution < -0.4 is 11.1 Å². The van der Waals surface area contributed by atoms with Gasteiger partial charge in [-0.25, -0.2) is 9.97 Å². The topological polar surface area (TPSA) is 96.5 Å². The second-order valence-electron chi connectivity index (χ2n) is 5.45. The molecule has 1 aromatic heterocycles. The summed E-state index contributed by atoms with van der Waals surface area (Å²) in [6.45, 7) is 3.49. The third-order valence-electron chi connectivity index (χ3n) is 3.95. The molecule has 0 atom stereocenters. The minimum atomic E-state index is 0.227. The van der Waals surface area contributed by atoms with Gasteiger partial charge in [0.1, 0.15) is 0 Å². The van der Waals surface area contributed by atoms with Crippen LogP contribution >= 0.6 is 0 Å². The number of nitrogens with two attached hydrogens (primary N) is 1. The molecule has 0 aromatic carbocycles. The van der Waals surface area contributed by atoms with E-state index in [1.54, 1.807) is 19.5 Å². The summed E-state index contributed by atoms with van der Waals surface area (Å²) in [5.74, 6) is 1.08. The van der Waals surface area contributed by atoms with Crippen LogP contribution in [0.1, 0.15) is 37.8 Å². The van der Waals surface area contributed by atoms with E-state index < -0.39 is 0 Å². The standard InChI is InChI=1S/C16H24N6O/c1-3-15(23)22-8-5-12(6-9-22)14-4-7-19-16(21-14)20-13(10-17)11-18-2/h4,7,10-12H,3,5-6,8-9,17H2,1-2H3,(H,19,20,21). The number of allylic oxidation sites excluding steroid dienone is 1. The van der Waals surface area contributed by atoms with Crippen LogP contribution in [0.15, 0.2) is 29.2 Å². The first kappa shape index (κ1) is 16.9. The number of hydrogen-bond acceptors (Lipinski definition) is 6. The lowest BCUT2D eigenvalue weighted by Crippen LogP contribution is -2.37. The van der Waals surface area contributed by atoms with Crippen LogP contribution in [0, 0.1) is 0 Å². The number of carbonyl (C=O) groups is 1. The van der Waals surface area contributed by atoms with Crippen LogP contribution in [0.2, 0.25) is 0 Å². The Hall–Kier alpha value is -2.44. The van der Waals surface area contributed by atoms with Crippen molar-refractivity contribution in [2.24, 2.45) is 10.7 Å². The average Bonchev–Trinajstić information content (AvgIpc) is 2.61. The monoisotopic (exact) mass is 316 g/mol. The molecule has 1 amide bonds. The first-order valence-electron chi connectivity index (χ1n) is 7.89. The molecule has 0 radical (unpaired) electrons. The van der Waals surface area contributed by atoms with Gasteiger partial charge in [0.15, 0.2) is 0 Å². The summed E-state index contributed by atoms with van der Waals surface area (Å²) in [5, 5.41) is 3.05. The number of carbonyl (C=O) groups excluding carboxylic acids is 1. The number of aliphatic imine (C=N–C) groups is 1. The minimum absolute atomic E-state index is 0.227. The number of hydrogen-bond donors (Lipinski definition) is 2. The quantitative estimate of drug-likeness (QED) is 0.803. The lowest BCUT2D eigenvalue weighted by atomic mass is 9.93. The fraction of sp³-hybridized carbons (Fsp3) is 0.500. The Morgan fingerprint density at radius 3 is 2.87 bits per heavy atom. The Morgan fingerprint density at radius 1 is 1.52 bits per heavy atom. The van der Waals surface area contributed by atoms with Crippen molar-refractivity contribution in [1.29, 1.82) is 0 Å². The maximum absolute atomic E-state index is 11.7. The summed E-state index contributed by atoms with van der Waals surface area (Å²) >= 11 is 0. The van der Waals surface area contributed by atoms with Gasteiger partial charge in [0.05, 0.1) is 5.70 Å². The van der Waals surface area contributed by atoms with Gasteiger partial charge >= 0.3 is 0 Å². The van der Waals surface area contributed by atoms with E-state index in [-0.39, 0.29) is 5.91 Å². The van der Waals surface area contributed by atoms with Gasteiger partial charge in [0, 0.05) is 56.8 Å². The molecule has 23 heavy (non-hydrogen) atoms. The molecule has 3 N–H and O–H groups in total. The molecule has 7 heteroatoms. The predicted octanol–water partition coefficient (Wildman–Crippen LogP) is 1.51. The van der Waals surface area contributed by atoms with Crippen LogP contribution in [0.3, 0.4) is 0 Å². The van der Waals surface area contributed by atoms with Gasteiger partial charge in [-0.05, 0) is 18.9 Å². The molecular weight excluding hydrogens is 292 g/mol. The lowest BCUT2D eigenvalue weighted by molar-refractivity contribution is -0.131. The Kier molecular flexibility index (Phi) is 6.08. The van der Waals surface area contributed by atoms with Gasteiger partial charge in [-0.3, -0.25) is 9.79 Å². The summed E-state index contributed by atoms with van der Waals surface area (Å²) in [4.78, 5) is 26.4. The molecule has 0 aliphatic carbocycles. The Bertz CT molecular complexity index is 590. The van der Waals surface area contributed by atoms with E-state index in [2.05, 4.69) is 20.3 Å². The normalized spacial score (nSPS) is 16.8. The number of rotatable bonds is 5. The molecule has 1 aliphatic rings. The van der Waals surface area contributed by atoms with Gasteiger partial charge in [-0.2, -0.15) is 0 Å². The highest BCUT2D eigenvalue weighted by Crippen LogP contribution is 2.27. The van der Waals surface area contributed by atoms with E-state index >= 15 is 0 Å². The maximum atomic E-state index is 11.7. The van der Waals surface area contributed by atoms with E-state index in [9.17, 15) is 4.79 Å². The first-order valence-corrected chi connectivity index (χ1v) is 7.89. The van der Waals surface area contributed by atoms with E-state index in [4.69, 9.17) is 5.73 Å². The highest BCUT2D eigenvalue weighted by atomic mass is 16.2. The summed E-state index contributed by atoms with van der Waals surface area (Å²) in [5.41, 5.74) is 7.18. The number of nitrogens with one attached hydrogen (secondary N) is 1. The molecule has 1 aromatic rings. The van der Waals surface area contributed by atoms with Crippen LogP contribution in [0.4, 0.5) is 5.95 Å². The number of piperidine rings is 1. The molecule has 0 saturated carbocycles. The molecule has 1 fully saturated rings. The number of amides is 1. The average molecular weight is 316 g/mol. The third kappa shape index (κ3) is 4.51. The zero-order chi connectivity index (χ0) is 16.7. The Balaban J connectivity index is 2.02. The Labute approximate surface area is 136 Å². The van der Waals surface area contributed by atoms with Crippen molar-refractivity contribution in [3.05, 3.63) is 29.9 Å². The van der Waals surface area contributed by atoms with Gasteiger partial charge < -0.3 is 16.0 Å². The zero-order valence-corrected chi connectivity index (χ0v) is 13.7. The number of nitrogens with zero attached hydrogens (tertiary/aromatic N) is 4. The van der Waals surface area contributed by atoms with Crippen LogP contribution in [-0.2, 0) is 4.79 Å². The number of likely N-dealkylation sites (tertiary alicyclic amines) is 1. The molecule has 7 nitrogen and oxygen atoms in total. The summed E-state index contributed by atoms with van der Waals surface area (Å²) in [6, 6.07) is 1.94. The Morgan fingerprint density at radius 2 is 2.26 bits per heavy atom. The van der Waals surface area contributed by atoms with Crippen molar-refractivity contribution in [2.45, 2.75) is 32.1 Å². The molecule has 0 unspecified atom stereocenters. The van der Waals surface area contributed by atoms with E-state index in [1.807, 2.05) is 17.9 Å². The van der Waals surface area contributed by atoms with Crippen molar-refractivity contribution in [3.8, 4) is 0 Å². The van der Waals surface area contributed by atoms with Gasteiger partial charge in [-0.15, -0.1) is 0 Å². The zero-order valence-electron chi connectivity index (χ0n) is 13.7. The molecule has 0 bridgehead atoms. The van der Waals surface area contributed by atoms with Crippen LogP contribution in [0.25, 0.3) is 0 Å². The third-order valence-corrected chi connectivity index (χ3v) is 3.95. The molecule has 0 spiro atoms. The smallest absolute Gasteiger partial charge is 0.227 e. The van der Waals surface area contributed by atoms with Gasteiger partial charge in [0.25, 0.3) is 0 Å². The summed E-state index contributed by atoms with van der Waals surface area (Å²) < 4.78 is 0. The van der Waals surface area contributed by atoms with Crippen LogP contribution in [0.5, 0.6) is 0 Å². The molecule has 124 valence electrons. The molecule has 2 heterocycles. The molecule has 1 aliphatic heterocycles. The largest absolute Gasteiger partial charge is 0.403 e. The van der Waals surface area contributed by atoms with Crippen LogP contribution in [-0.4, -0.2) is 47.1 Å². The number of aromatic nitrogens is 2. The summed E-state index contributed by atoms with van der Waals surface area (Å²) in [6.07, 6.45) is 7.21.